The molecule has 0 saturated heterocycles. The molecule has 0 amide bonds. The maximum absolute atomic E-state index is 11.6. The van der Waals surface area contributed by atoms with Gasteiger partial charge in [0, 0.05) is 11.1 Å². The van der Waals surface area contributed by atoms with Gasteiger partial charge in [-0.25, -0.2) is 5.32 Å². The summed E-state index contributed by atoms with van der Waals surface area (Å²) in [5, 5.41) is 2.82. The summed E-state index contributed by atoms with van der Waals surface area (Å²) in [4.78, 5) is 19.0. The van der Waals surface area contributed by atoms with Crippen LogP contribution in [0.3, 0.4) is 0 Å². The van der Waals surface area contributed by atoms with Gasteiger partial charge in [-0.1, -0.05) is 60.7 Å². The first-order chi connectivity index (χ1) is 10.1. The highest BCUT2D eigenvalue weighted by Crippen LogP contribution is 2.43. The molecule has 2 aromatic carbocycles. The molecule has 0 radical (unpaired) electrons. The van der Waals surface area contributed by atoms with Crippen molar-refractivity contribution in [3.63, 3.8) is 0 Å². The SMILES string of the molecule is O=[P+](O)[C@H](N[C@H](c1ccccc1)[P+](=O)O)c1ccccc1. The Hall–Kier alpha value is -1.48. The summed E-state index contributed by atoms with van der Waals surface area (Å²) in [5.74, 6) is -1.81. The Morgan fingerprint density at radius 3 is 1.33 bits per heavy atom. The molecule has 3 N–H and O–H groups in total. The minimum absolute atomic E-state index is 0.596. The lowest BCUT2D eigenvalue weighted by molar-refractivity contribution is 0.450. The molecule has 7 heteroatoms. The Labute approximate surface area is 124 Å². The summed E-state index contributed by atoms with van der Waals surface area (Å²) in [5.41, 5.74) is 1.19. The van der Waals surface area contributed by atoms with E-state index in [1.807, 2.05) is 0 Å². The molecule has 2 rings (SSSR count). The smallest absolute Gasteiger partial charge is 0.216 e. The predicted octanol–water partition coefficient (Wildman–Crippen LogP) is 3.44. The van der Waals surface area contributed by atoms with E-state index in [0.29, 0.717) is 11.1 Å². The van der Waals surface area contributed by atoms with Crippen molar-refractivity contribution in [2.24, 2.45) is 0 Å². The van der Waals surface area contributed by atoms with Gasteiger partial charge in [-0.15, -0.1) is 0 Å². The molecule has 5 nitrogen and oxygen atoms in total. The van der Waals surface area contributed by atoms with Crippen LogP contribution in [0.2, 0.25) is 0 Å². The Morgan fingerprint density at radius 1 is 0.714 bits per heavy atom. The van der Waals surface area contributed by atoms with Crippen molar-refractivity contribution in [2.45, 2.75) is 11.6 Å². The Morgan fingerprint density at radius 2 is 1.05 bits per heavy atom. The summed E-state index contributed by atoms with van der Waals surface area (Å²) in [6.07, 6.45) is 0. The van der Waals surface area contributed by atoms with Gasteiger partial charge in [-0.05, 0) is 9.13 Å². The average molecular weight is 323 g/mol. The number of nitrogens with one attached hydrogen (secondary N) is 1. The molecule has 0 fully saturated rings. The van der Waals surface area contributed by atoms with Crippen molar-refractivity contribution >= 4 is 16.1 Å². The first kappa shape index (κ1) is 15.9. The lowest BCUT2D eigenvalue weighted by Gasteiger charge is -2.10. The van der Waals surface area contributed by atoms with Gasteiger partial charge in [0.05, 0.1) is 0 Å². The van der Waals surface area contributed by atoms with Crippen LogP contribution in [0.15, 0.2) is 60.7 Å². The first-order valence-corrected chi connectivity index (χ1v) is 8.82. The van der Waals surface area contributed by atoms with Gasteiger partial charge in [-0.2, -0.15) is 9.79 Å². The van der Waals surface area contributed by atoms with E-state index in [4.69, 9.17) is 0 Å². The number of rotatable bonds is 6. The zero-order valence-corrected chi connectivity index (χ0v) is 12.8. The number of hydrogen-bond donors (Lipinski definition) is 3. The van der Waals surface area contributed by atoms with Gasteiger partial charge in [0.2, 0.25) is 0 Å². The monoisotopic (exact) mass is 323 g/mol. The van der Waals surface area contributed by atoms with E-state index in [0.717, 1.165) is 0 Å². The Bertz CT molecular complexity index is 566. The van der Waals surface area contributed by atoms with Crippen LogP contribution in [-0.4, -0.2) is 9.79 Å². The number of benzene rings is 2. The third kappa shape index (κ3) is 4.24. The van der Waals surface area contributed by atoms with Crippen LogP contribution >= 0.6 is 16.1 Å². The van der Waals surface area contributed by atoms with E-state index in [2.05, 4.69) is 5.32 Å². The number of hydrogen-bond acceptors (Lipinski definition) is 3. The van der Waals surface area contributed by atoms with Gasteiger partial charge in [0.25, 0.3) is 11.6 Å². The molecule has 2 aromatic rings. The standard InChI is InChI=1S/C14H13NO4P2/c16-20(17)13(11-7-3-1-4-8-11)15-14(21(18)19)12-9-5-2-6-10-12/h1-10,13-15H/p+2/t13-,14-/m0/s1. The largest absolute Gasteiger partial charge is 0.529 e. The van der Waals surface area contributed by atoms with Crippen LogP contribution in [0.5, 0.6) is 0 Å². The van der Waals surface area contributed by atoms with Crippen molar-refractivity contribution in [3.05, 3.63) is 71.8 Å². The summed E-state index contributed by atoms with van der Waals surface area (Å²) in [6, 6.07) is 17.4. The second-order valence-electron chi connectivity index (χ2n) is 4.40. The molecule has 0 saturated carbocycles. The molecule has 0 aliphatic rings. The summed E-state index contributed by atoms with van der Waals surface area (Å²) in [6.45, 7) is 0. The van der Waals surface area contributed by atoms with E-state index >= 15 is 0 Å². The zero-order valence-electron chi connectivity index (χ0n) is 11.0. The van der Waals surface area contributed by atoms with E-state index in [1.54, 1.807) is 60.7 Å². The fraction of sp³-hybridized carbons (Fsp3) is 0.143. The first-order valence-electron chi connectivity index (χ1n) is 6.26. The van der Waals surface area contributed by atoms with Crippen molar-refractivity contribution in [3.8, 4) is 0 Å². The van der Waals surface area contributed by atoms with Crippen LogP contribution < -0.4 is 5.32 Å². The van der Waals surface area contributed by atoms with Crippen molar-refractivity contribution in [1.29, 1.82) is 0 Å². The van der Waals surface area contributed by atoms with Gasteiger partial charge < -0.3 is 0 Å². The van der Waals surface area contributed by atoms with Gasteiger partial charge in [-0.3, -0.25) is 0 Å². The van der Waals surface area contributed by atoms with Gasteiger partial charge >= 0.3 is 16.1 Å². The average Bonchev–Trinajstić information content (AvgIpc) is 2.49. The fourth-order valence-electron chi connectivity index (χ4n) is 2.00. The molecule has 4 atom stereocenters. The maximum atomic E-state index is 11.6. The second kappa shape index (κ2) is 7.51. The molecule has 0 spiro atoms. The van der Waals surface area contributed by atoms with E-state index < -0.39 is 27.6 Å². The van der Waals surface area contributed by atoms with E-state index in [1.165, 1.54) is 0 Å². The highest BCUT2D eigenvalue weighted by Gasteiger charge is 2.41. The lowest BCUT2D eigenvalue weighted by atomic mass is 10.2. The van der Waals surface area contributed by atoms with Crippen LogP contribution in [0.1, 0.15) is 22.7 Å². The third-order valence-electron chi connectivity index (χ3n) is 2.99. The summed E-state index contributed by atoms with van der Waals surface area (Å²) < 4.78 is 23.2. The van der Waals surface area contributed by atoms with Crippen molar-refractivity contribution in [2.75, 3.05) is 0 Å². The molecule has 108 valence electrons. The van der Waals surface area contributed by atoms with E-state index in [9.17, 15) is 18.9 Å². The van der Waals surface area contributed by atoms with Crippen LogP contribution in [0.25, 0.3) is 0 Å². The fourth-order valence-corrected chi connectivity index (χ4v) is 3.52. The van der Waals surface area contributed by atoms with E-state index in [-0.39, 0.29) is 0 Å². The predicted molar refractivity (Wildman–Crippen MR) is 81.2 cm³/mol. The summed E-state index contributed by atoms with van der Waals surface area (Å²) in [7, 11) is -5.18. The highest BCUT2D eigenvalue weighted by atomic mass is 31.1. The molecule has 21 heavy (non-hydrogen) atoms. The molecule has 0 heterocycles. The van der Waals surface area contributed by atoms with Gasteiger partial charge in [0.1, 0.15) is 0 Å². The second-order valence-corrected chi connectivity index (χ2v) is 6.64. The normalized spacial score (nSPS) is 15.1. The molecule has 0 bridgehead atoms. The van der Waals surface area contributed by atoms with Crippen LogP contribution in [0, 0.1) is 0 Å². The Kier molecular flexibility index (Phi) is 5.68. The highest BCUT2D eigenvalue weighted by molar-refractivity contribution is 7.39. The maximum Gasteiger partial charge on any atom is 0.529 e. The molecular formula is C14H15NO4P2+2. The molecule has 0 aliphatic heterocycles. The van der Waals surface area contributed by atoms with Crippen molar-refractivity contribution in [1.82, 2.24) is 5.32 Å². The minimum atomic E-state index is -2.59. The van der Waals surface area contributed by atoms with Crippen LogP contribution in [-0.2, 0) is 9.13 Å². The zero-order chi connectivity index (χ0) is 15.2. The lowest BCUT2D eigenvalue weighted by Crippen LogP contribution is -2.22. The topological polar surface area (TPSA) is 86.6 Å². The molecule has 0 aromatic heterocycles. The Balaban J connectivity index is 2.30. The minimum Gasteiger partial charge on any atom is -0.216 e. The molecule has 0 aliphatic carbocycles. The summed E-state index contributed by atoms with van der Waals surface area (Å²) >= 11 is 0. The van der Waals surface area contributed by atoms with Crippen molar-refractivity contribution < 1.29 is 18.9 Å². The quantitative estimate of drug-likeness (QED) is 0.709. The molecule has 2 unspecified atom stereocenters. The van der Waals surface area contributed by atoms with Gasteiger partial charge in [0.15, 0.2) is 0 Å². The molecular weight excluding hydrogens is 308 g/mol. The van der Waals surface area contributed by atoms with Crippen LogP contribution in [0.4, 0.5) is 0 Å². The third-order valence-corrected chi connectivity index (χ3v) is 4.77.